The molecule has 3 aliphatic heterocycles. The van der Waals surface area contributed by atoms with Gasteiger partial charge in [0.05, 0.1) is 17.3 Å². The van der Waals surface area contributed by atoms with Gasteiger partial charge in [-0.05, 0) is 56.8 Å². The van der Waals surface area contributed by atoms with Gasteiger partial charge in [0.25, 0.3) is 0 Å². The summed E-state index contributed by atoms with van der Waals surface area (Å²) in [5, 5.41) is 3.82. The number of carbonyl (C=O) groups excluding carboxylic acids is 1. The largest absolute Gasteiger partial charge is 0.462 e. The lowest BCUT2D eigenvalue weighted by molar-refractivity contribution is -0.125. The second-order valence-electron chi connectivity index (χ2n) is 12.1. The highest BCUT2D eigenvalue weighted by atomic mass is 35.5. The van der Waals surface area contributed by atoms with E-state index in [0.717, 1.165) is 95.1 Å². The van der Waals surface area contributed by atoms with Crippen molar-refractivity contribution in [2.24, 2.45) is 0 Å². The highest BCUT2D eigenvalue weighted by Gasteiger charge is 2.33. The lowest BCUT2D eigenvalue weighted by Crippen LogP contribution is -2.39. The summed E-state index contributed by atoms with van der Waals surface area (Å²) in [5.41, 5.74) is 3.09. The van der Waals surface area contributed by atoms with Crippen molar-refractivity contribution in [2.45, 2.75) is 44.3 Å². The van der Waals surface area contributed by atoms with Crippen molar-refractivity contribution in [2.75, 3.05) is 62.9 Å². The summed E-state index contributed by atoms with van der Waals surface area (Å²) in [6.45, 7) is 3.98. The lowest BCUT2D eigenvalue weighted by atomic mass is 10.0. The Morgan fingerprint density at radius 3 is 2.68 bits per heavy atom. The van der Waals surface area contributed by atoms with Gasteiger partial charge in [0.1, 0.15) is 12.4 Å². The van der Waals surface area contributed by atoms with Gasteiger partial charge in [-0.2, -0.15) is 9.97 Å². The zero-order chi connectivity index (χ0) is 31.0. The molecule has 0 spiro atoms. The van der Waals surface area contributed by atoms with Crippen LogP contribution in [-0.4, -0.2) is 99.3 Å². The van der Waals surface area contributed by atoms with Gasteiger partial charge in [-0.25, -0.2) is 8.42 Å². The number of carbonyl (C=O) groups is 1. The van der Waals surface area contributed by atoms with Gasteiger partial charge in [-0.15, -0.1) is 0 Å². The number of aromatic nitrogens is 2. The molecule has 12 heteroatoms. The fraction of sp³-hybridized carbons (Fsp3) is 0.469. The molecule has 234 valence electrons. The summed E-state index contributed by atoms with van der Waals surface area (Å²) in [7, 11) is 0.762. The molecule has 0 unspecified atom stereocenters. The maximum absolute atomic E-state index is 12.7. The molecular formula is C32H39ClN6O4S. The Bertz CT molecular complexity index is 1690. The van der Waals surface area contributed by atoms with E-state index in [1.165, 1.54) is 0 Å². The van der Waals surface area contributed by atoms with E-state index in [9.17, 15) is 13.2 Å². The van der Waals surface area contributed by atoms with Crippen molar-refractivity contribution in [3.8, 4) is 6.01 Å². The number of hydrogen-bond donors (Lipinski definition) is 0. The van der Waals surface area contributed by atoms with Crippen molar-refractivity contribution in [1.29, 1.82) is 0 Å². The number of likely N-dealkylation sites (tertiary alicyclic amines) is 2. The number of sulfone groups is 1. The maximum atomic E-state index is 12.7. The Labute approximate surface area is 264 Å². The molecule has 10 nitrogen and oxygen atoms in total. The molecular weight excluding hydrogens is 600 g/mol. The highest BCUT2D eigenvalue weighted by Crippen LogP contribution is 2.37. The topological polar surface area (TPSA) is 99.2 Å². The van der Waals surface area contributed by atoms with Crippen LogP contribution in [0, 0.1) is 0 Å². The van der Waals surface area contributed by atoms with Gasteiger partial charge in [0.2, 0.25) is 5.91 Å². The molecule has 0 saturated carbocycles. The number of benzene rings is 2. The molecule has 44 heavy (non-hydrogen) atoms. The number of fused-ring (bicyclic) bond motifs is 2. The van der Waals surface area contributed by atoms with E-state index in [1.54, 1.807) is 4.90 Å². The lowest BCUT2D eigenvalue weighted by Gasteiger charge is -2.35. The number of amides is 1. The standard InChI is InChI=1S/C32H39ClN6O4S/c1-36-15-6-9-24(36)21-43-32-34-27-20-38(28-11-5-8-22-7-4-10-26(33)30(22)28)17-13-25(27)31(35-32)37(2)23-12-16-39(19-23)29(40)14-18-44(3,41)42/h4-5,7-8,10-11,14,18,23-24H,6,9,12-13,15-17,19-21H2,1-3H3/b18-14+/t23-,24+/m1/s1. The minimum Gasteiger partial charge on any atom is -0.462 e. The number of halogens is 1. The van der Waals surface area contributed by atoms with Crippen LogP contribution in [0.25, 0.3) is 10.8 Å². The van der Waals surface area contributed by atoms with Crippen molar-refractivity contribution in [3.63, 3.8) is 0 Å². The van der Waals surface area contributed by atoms with Gasteiger partial charge >= 0.3 is 6.01 Å². The third-order valence-corrected chi connectivity index (χ3v) is 10.0. The average Bonchev–Trinajstić information content (AvgIpc) is 3.66. The molecule has 0 bridgehead atoms. The smallest absolute Gasteiger partial charge is 0.318 e. The molecule has 4 heterocycles. The Hall–Kier alpha value is -3.41. The number of anilines is 2. The maximum Gasteiger partial charge on any atom is 0.318 e. The molecule has 2 aromatic carbocycles. The predicted octanol–water partition coefficient (Wildman–Crippen LogP) is 3.91. The number of nitrogens with zero attached hydrogens (tertiary/aromatic N) is 6. The van der Waals surface area contributed by atoms with Crippen LogP contribution in [0.15, 0.2) is 47.9 Å². The van der Waals surface area contributed by atoms with Crippen LogP contribution in [0.3, 0.4) is 0 Å². The first-order valence-electron chi connectivity index (χ1n) is 15.1. The van der Waals surface area contributed by atoms with Crippen LogP contribution in [-0.2, 0) is 27.6 Å². The fourth-order valence-corrected chi connectivity index (χ4v) is 7.21. The number of likely N-dealkylation sites (N-methyl/N-ethyl adjacent to an activating group) is 2. The quantitative estimate of drug-likeness (QED) is 0.340. The van der Waals surface area contributed by atoms with Crippen molar-refractivity contribution in [3.05, 3.63) is 64.2 Å². The van der Waals surface area contributed by atoms with Crippen molar-refractivity contribution in [1.82, 2.24) is 19.8 Å². The summed E-state index contributed by atoms with van der Waals surface area (Å²) >= 11 is 6.69. The van der Waals surface area contributed by atoms with Crippen molar-refractivity contribution >= 4 is 49.6 Å². The van der Waals surface area contributed by atoms with Gasteiger partial charge < -0.3 is 24.3 Å². The van der Waals surface area contributed by atoms with Crippen LogP contribution in [0.4, 0.5) is 11.5 Å². The molecule has 6 rings (SSSR count). The van der Waals surface area contributed by atoms with Crippen LogP contribution < -0.4 is 14.5 Å². The van der Waals surface area contributed by atoms with Gasteiger partial charge in [-0.1, -0.05) is 35.9 Å². The summed E-state index contributed by atoms with van der Waals surface area (Å²) in [5.74, 6) is 0.525. The van der Waals surface area contributed by atoms with E-state index in [4.69, 9.17) is 26.3 Å². The van der Waals surface area contributed by atoms with Crippen LogP contribution in [0.1, 0.15) is 30.5 Å². The van der Waals surface area contributed by atoms with Crippen LogP contribution >= 0.6 is 11.6 Å². The van der Waals surface area contributed by atoms with E-state index in [2.05, 4.69) is 46.0 Å². The van der Waals surface area contributed by atoms with E-state index < -0.39 is 9.84 Å². The fourth-order valence-electron chi connectivity index (χ4n) is 6.57. The Kier molecular flexibility index (Phi) is 8.72. The summed E-state index contributed by atoms with van der Waals surface area (Å²) in [6, 6.07) is 13.0. The molecule has 1 aromatic heterocycles. The summed E-state index contributed by atoms with van der Waals surface area (Å²) < 4.78 is 29.3. The molecule has 3 aliphatic rings. The molecule has 2 fully saturated rings. The SMILES string of the molecule is CN1CCC[C@H]1COc1nc2c(c(N(C)[C@@H]3CCN(C(=O)/C=C/S(C)(=O)=O)C3)n1)CCN(c1cccc3cccc(Cl)c13)C2. The number of rotatable bonds is 8. The van der Waals surface area contributed by atoms with Crippen LogP contribution in [0.2, 0.25) is 5.02 Å². The number of ether oxygens (including phenoxy) is 1. The molecule has 0 radical (unpaired) electrons. The van der Waals surface area contributed by atoms with E-state index in [0.29, 0.717) is 38.3 Å². The van der Waals surface area contributed by atoms with Gasteiger partial charge in [0, 0.05) is 73.1 Å². The molecule has 1 amide bonds. The molecule has 0 aliphatic carbocycles. The first-order valence-corrected chi connectivity index (χ1v) is 17.5. The molecule has 2 saturated heterocycles. The highest BCUT2D eigenvalue weighted by molar-refractivity contribution is 7.93. The van der Waals surface area contributed by atoms with E-state index >= 15 is 0 Å². The third-order valence-electron chi connectivity index (χ3n) is 9.09. The van der Waals surface area contributed by atoms with E-state index in [1.807, 2.05) is 19.2 Å². The predicted molar refractivity (Wildman–Crippen MR) is 174 cm³/mol. The second-order valence-corrected chi connectivity index (χ2v) is 14.4. The monoisotopic (exact) mass is 638 g/mol. The Balaban J connectivity index is 1.29. The Morgan fingerprint density at radius 1 is 1.14 bits per heavy atom. The van der Waals surface area contributed by atoms with Crippen molar-refractivity contribution < 1.29 is 17.9 Å². The number of hydrogen-bond acceptors (Lipinski definition) is 9. The first kappa shape index (κ1) is 30.6. The van der Waals surface area contributed by atoms with Crippen LogP contribution in [0.5, 0.6) is 6.01 Å². The Morgan fingerprint density at radius 2 is 1.93 bits per heavy atom. The summed E-state index contributed by atoms with van der Waals surface area (Å²) in [4.78, 5) is 31.1. The average molecular weight is 639 g/mol. The second kappa shape index (κ2) is 12.5. The normalized spacial score (nSPS) is 20.9. The van der Waals surface area contributed by atoms with Gasteiger partial charge in [-0.3, -0.25) is 4.79 Å². The van der Waals surface area contributed by atoms with Gasteiger partial charge in [0.15, 0.2) is 9.84 Å². The zero-order valence-corrected chi connectivity index (χ0v) is 27.0. The minimum atomic E-state index is -3.37. The first-order chi connectivity index (χ1) is 21.1. The minimum absolute atomic E-state index is 0.0216. The van der Waals surface area contributed by atoms with E-state index in [-0.39, 0.29) is 11.9 Å². The third kappa shape index (κ3) is 6.50. The zero-order valence-electron chi connectivity index (χ0n) is 25.4. The molecule has 0 N–H and O–H groups in total. The molecule has 2 atom stereocenters. The molecule has 3 aromatic rings. The summed E-state index contributed by atoms with van der Waals surface area (Å²) in [6.07, 6.45) is 5.96.